The topological polar surface area (TPSA) is 70.4 Å². The van der Waals surface area contributed by atoms with Gasteiger partial charge in [0.15, 0.2) is 12.0 Å². The lowest BCUT2D eigenvalue weighted by Crippen LogP contribution is -2.55. The number of halogens is 6. The highest BCUT2D eigenvalue weighted by molar-refractivity contribution is 5.30. The zero-order valence-corrected chi connectivity index (χ0v) is 18.4. The molecule has 2 aromatic rings. The van der Waals surface area contributed by atoms with E-state index >= 15 is 0 Å². The Balaban J connectivity index is 1.69. The van der Waals surface area contributed by atoms with E-state index in [1.54, 1.807) is 0 Å². The smallest absolute Gasteiger partial charge is 0.435 e. The summed E-state index contributed by atoms with van der Waals surface area (Å²) >= 11 is 0. The van der Waals surface area contributed by atoms with Crippen LogP contribution >= 0.6 is 0 Å². The van der Waals surface area contributed by atoms with Crippen LogP contribution < -0.4 is 10.1 Å². The number of hydrogen-bond acceptors (Lipinski definition) is 6. The number of nitrogens with zero attached hydrogens (tertiary/aromatic N) is 3. The Bertz CT molecular complexity index is 986. The van der Waals surface area contributed by atoms with Crippen LogP contribution in [0.3, 0.4) is 0 Å². The molecule has 188 valence electrons. The SMILES string of the molecule is COC(Cn1nc(C(F)(F)F)cc1O[C@H]1C2CCC1(c1ccc(C(F)(F)F)cn1)CNC2)OC. The standard InChI is InChI=1S/C21H24F6N4O3/c1-32-17(33-2)10-31-16(7-15(30-31)21(25,26)27)34-18-12-5-6-19(18,11-28-8-12)14-4-3-13(9-29-14)20(22,23)24/h3-4,7,9,12,17-18,28H,5-6,8,10-11H2,1-2H3/t12?,18-,19?/m0/s1. The van der Waals surface area contributed by atoms with Gasteiger partial charge in [-0.25, -0.2) is 4.68 Å². The second-order valence-electron chi connectivity index (χ2n) is 8.50. The van der Waals surface area contributed by atoms with Crippen molar-refractivity contribution < 1.29 is 40.6 Å². The maximum atomic E-state index is 13.4. The Morgan fingerprint density at radius 1 is 1.15 bits per heavy atom. The van der Waals surface area contributed by atoms with Crippen molar-refractivity contribution in [1.29, 1.82) is 0 Å². The Morgan fingerprint density at radius 2 is 1.88 bits per heavy atom. The van der Waals surface area contributed by atoms with Crippen LogP contribution in [0.4, 0.5) is 26.3 Å². The number of piperidine rings is 1. The van der Waals surface area contributed by atoms with E-state index in [-0.39, 0.29) is 18.3 Å². The summed E-state index contributed by atoms with van der Waals surface area (Å²) in [4.78, 5) is 4.09. The molecule has 2 aliphatic rings. The first-order chi connectivity index (χ1) is 16.0. The maximum Gasteiger partial charge on any atom is 0.435 e. The van der Waals surface area contributed by atoms with Crippen LogP contribution in [0.25, 0.3) is 0 Å². The van der Waals surface area contributed by atoms with E-state index in [1.807, 2.05) is 0 Å². The van der Waals surface area contributed by atoms with Crippen molar-refractivity contribution >= 4 is 0 Å². The third-order valence-corrected chi connectivity index (χ3v) is 6.51. The molecular formula is C21H24F6N4O3. The average Bonchev–Trinajstić information content (AvgIpc) is 3.26. The average molecular weight is 494 g/mol. The van der Waals surface area contributed by atoms with Gasteiger partial charge in [0.2, 0.25) is 5.88 Å². The molecule has 1 saturated heterocycles. The zero-order valence-electron chi connectivity index (χ0n) is 18.4. The number of ether oxygens (including phenoxy) is 3. The normalized spacial score (nSPS) is 25.2. The van der Waals surface area contributed by atoms with Gasteiger partial charge in [0.25, 0.3) is 0 Å². The highest BCUT2D eigenvalue weighted by Gasteiger charge is 2.55. The van der Waals surface area contributed by atoms with Crippen molar-refractivity contribution in [3.63, 3.8) is 0 Å². The predicted octanol–water partition coefficient (Wildman–Crippen LogP) is 3.63. The zero-order chi connectivity index (χ0) is 24.7. The van der Waals surface area contributed by atoms with Crippen molar-refractivity contribution in [3.8, 4) is 5.88 Å². The minimum Gasteiger partial charge on any atom is -0.473 e. The predicted molar refractivity (Wildman–Crippen MR) is 106 cm³/mol. The first kappa shape index (κ1) is 24.7. The van der Waals surface area contributed by atoms with E-state index in [9.17, 15) is 26.3 Å². The minimum absolute atomic E-state index is 0.0730. The first-order valence-electron chi connectivity index (χ1n) is 10.6. The Hall–Kier alpha value is -2.38. The summed E-state index contributed by atoms with van der Waals surface area (Å²) in [5.74, 6) is -0.197. The molecule has 1 N–H and O–H groups in total. The van der Waals surface area contributed by atoms with E-state index < -0.39 is 41.4 Å². The molecule has 34 heavy (non-hydrogen) atoms. The van der Waals surface area contributed by atoms with Crippen LogP contribution in [-0.4, -0.2) is 54.5 Å². The maximum absolute atomic E-state index is 13.4. The fourth-order valence-electron chi connectivity index (χ4n) is 4.78. The number of pyridine rings is 1. The first-order valence-corrected chi connectivity index (χ1v) is 10.6. The van der Waals surface area contributed by atoms with Gasteiger partial charge in [-0.15, -0.1) is 0 Å². The number of nitrogens with one attached hydrogen (secondary N) is 1. The molecule has 2 aromatic heterocycles. The van der Waals surface area contributed by atoms with Gasteiger partial charge < -0.3 is 19.5 Å². The quantitative estimate of drug-likeness (QED) is 0.469. The fraction of sp³-hybridized carbons (Fsp3) is 0.619. The summed E-state index contributed by atoms with van der Waals surface area (Å²) in [5.41, 5.74) is -2.41. The molecule has 2 unspecified atom stereocenters. The monoisotopic (exact) mass is 494 g/mol. The molecule has 1 aliphatic heterocycles. The summed E-state index contributed by atoms with van der Waals surface area (Å²) in [6.07, 6.45) is -8.68. The van der Waals surface area contributed by atoms with Crippen LogP contribution in [0.1, 0.15) is 29.8 Å². The van der Waals surface area contributed by atoms with Crippen molar-refractivity contribution in [2.75, 3.05) is 27.3 Å². The van der Waals surface area contributed by atoms with E-state index in [2.05, 4.69) is 15.4 Å². The molecule has 3 heterocycles. The van der Waals surface area contributed by atoms with Crippen LogP contribution in [0, 0.1) is 5.92 Å². The van der Waals surface area contributed by atoms with Gasteiger partial charge in [0.05, 0.1) is 23.2 Å². The molecule has 2 bridgehead atoms. The van der Waals surface area contributed by atoms with E-state index in [4.69, 9.17) is 14.2 Å². The second kappa shape index (κ2) is 9.00. The molecule has 0 amide bonds. The highest BCUT2D eigenvalue weighted by Crippen LogP contribution is 2.48. The lowest BCUT2D eigenvalue weighted by Gasteiger charge is -2.41. The number of rotatable bonds is 7. The Kier molecular flexibility index (Phi) is 6.55. The van der Waals surface area contributed by atoms with E-state index in [0.717, 1.165) is 23.0 Å². The van der Waals surface area contributed by atoms with Crippen molar-refractivity contribution in [2.24, 2.45) is 5.92 Å². The van der Waals surface area contributed by atoms with Gasteiger partial charge in [-0.3, -0.25) is 4.98 Å². The summed E-state index contributed by atoms with van der Waals surface area (Å²) in [6, 6.07) is 3.10. The van der Waals surface area contributed by atoms with Crippen molar-refractivity contribution in [1.82, 2.24) is 20.1 Å². The lowest BCUT2D eigenvalue weighted by atomic mass is 9.76. The molecule has 7 nitrogen and oxygen atoms in total. The van der Waals surface area contributed by atoms with Gasteiger partial charge in [0.1, 0.15) is 6.10 Å². The number of alkyl halides is 6. The summed E-state index contributed by atoms with van der Waals surface area (Å²) in [5, 5.41) is 6.89. The van der Waals surface area contributed by atoms with Crippen LogP contribution in [0.15, 0.2) is 24.4 Å². The number of aromatic nitrogens is 3. The van der Waals surface area contributed by atoms with Gasteiger partial charge in [-0.1, -0.05) is 0 Å². The van der Waals surface area contributed by atoms with Crippen molar-refractivity contribution in [3.05, 3.63) is 41.3 Å². The molecule has 1 saturated carbocycles. The number of fused-ring (bicyclic) bond motifs is 2. The molecule has 13 heteroatoms. The summed E-state index contributed by atoms with van der Waals surface area (Å²) < 4.78 is 96.6. The number of methoxy groups -OCH3 is 2. The van der Waals surface area contributed by atoms with Crippen LogP contribution in [-0.2, 0) is 33.8 Å². The van der Waals surface area contributed by atoms with Gasteiger partial charge in [-0.05, 0) is 25.0 Å². The second-order valence-corrected chi connectivity index (χ2v) is 8.50. The Morgan fingerprint density at radius 3 is 2.47 bits per heavy atom. The molecule has 2 fully saturated rings. The van der Waals surface area contributed by atoms with Gasteiger partial charge in [0, 0.05) is 45.5 Å². The van der Waals surface area contributed by atoms with E-state index in [0.29, 0.717) is 31.6 Å². The minimum atomic E-state index is -4.70. The summed E-state index contributed by atoms with van der Waals surface area (Å²) in [6.45, 7) is 0.775. The third kappa shape index (κ3) is 4.60. The molecule has 0 aromatic carbocycles. The molecule has 1 aliphatic carbocycles. The largest absolute Gasteiger partial charge is 0.473 e. The lowest BCUT2D eigenvalue weighted by molar-refractivity contribution is -0.142. The van der Waals surface area contributed by atoms with Crippen LogP contribution in [0.2, 0.25) is 0 Å². The molecule has 4 rings (SSSR count). The fourth-order valence-corrected chi connectivity index (χ4v) is 4.78. The van der Waals surface area contributed by atoms with E-state index in [1.165, 1.54) is 20.3 Å². The number of hydrogen-bond donors (Lipinski definition) is 1. The van der Waals surface area contributed by atoms with Crippen molar-refractivity contribution in [2.45, 2.75) is 49.5 Å². The van der Waals surface area contributed by atoms with Gasteiger partial charge in [-0.2, -0.15) is 31.4 Å². The molecule has 3 atom stereocenters. The van der Waals surface area contributed by atoms with Gasteiger partial charge >= 0.3 is 12.4 Å². The third-order valence-electron chi connectivity index (χ3n) is 6.51. The molecule has 0 radical (unpaired) electrons. The summed E-state index contributed by atoms with van der Waals surface area (Å²) in [7, 11) is 2.70. The molecular weight excluding hydrogens is 470 g/mol. The Labute approximate surface area is 191 Å². The highest BCUT2D eigenvalue weighted by atomic mass is 19.4. The van der Waals surface area contributed by atoms with Crippen LogP contribution in [0.5, 0.6) is 5.88 Å². The molecule has 0 spiro atoms.